The minimum absolute atomic E-state index is 0.210. The Morgan fingerprint density at radius 1 is 0.935 bits per heavy atom. The van der Waals surface area contributed by atoms with Gasteiger partial charge in [-0.3, -0.25) is 19.2 Å². The second-order valence-corrected chi connectivity index (χ2v) is 7.80. The van der Waals surface area contributed by atoms with E-state index in [0.29, 0.717) is 12.8 Å². The molecule has 5 atom stereocenters. The van der Waals surface area contributed by atoms with Gasteiger partial charge < -0.3 is 23.8 Å². The molecule has 1 heterocycles. The summed E-state index contributed by atoms with van der Waals surface area (Å²) in [5, 5.41) is 4.17. The fourth-order valence-corrected chi connectivity index (χ4v) is 3.74. The third-order valence-electron chi connectivity index (χ3n) is 5.20. The Balaban J connectivity index is 2.41. The molecule has 0 spiro atoms. The minimum Gasteiger partial charge on any atom is -0.462 e. The van der Waals surface area contributed by atoms with Gasteiger partial charge in [-0.1, -0.05) is 16.3 Å². The zero-order valence-corrected chi connectivity index (χ0v) is 18.6. The third kappa shape index (κ3) is 6.53. The predicted octanol–water partition coefficient (Wildman–Crippen LogP) is 1.85. The van der Waals surface area contributed by atoms with E-state index in [1.165, 1.54) is 31.9 Å². The topological polar surface area (TPSA) is 127 Å². The Morgan fingerprint density at radius 2 is 1.55 bits per heavy atom. The maximum Gasteiger partial charge on any atom is 0.303 e. The van der Waals surface area contributed by atoms with Crippen LogP contribution in [0.5, 0.6) is 0 Å². The zero-order chi connectivity index (χ0) is 23.3. The molecule has 172 valence electrons. The van der Waals surface area contributed by atoms with Crippen LogP contribution in [0.3, 0.4) is 0 Å². The summed E-state index contributed by atoms with van der Waals surface area (Å²) < 4.78 is 21.2. The quantitative estimate of drug-likeness (QED) is 0.316. The van der Waals surface area contributed by atoms with Crippen LogP contribution in [0.4, 0.5) is 0 Å². The minimum atomic E-state index is -1.28. The van der Waals surface area contributed by atoms with E-state index in [-0.39, 0.29) is 5.92 Å². The Morgan fingerprint density at radius 3 is 2.10 bits per heavy atom. The van der Waals surface area contributed by atoms with Crippen molar-refractivity contribution in [2.45, 2.75) is 78.8 Å². The van der Waals surface area contributed by atoms with Crippen molar-refractivity contribution >= 4 is 29.6 Å². The molecule has 0 fully saturated rings. The second kappa shape index (κ2) is 10.4. The number of ether oxygens (including phenoxy) is 4. The van der Waals surface area contributed by atoms with E-state index < -0.39 is 54.9 Å². The molecule has 0 bridgehead atoms. The molecule has 0 radical (unpaired) electrons. The highest BCUT2D eigenvalue weighted by molar-refractivity contribution is 5.91. The van der Waals surface area contributed by atoms with Gasteiger partial charge in [0.25, 0.3) is 0 Å². The van der Waals surface area contributed by atoms with E-state index in [0.717, 1.165) is 12.6 Å². The highest BCUT2D eigenvalue weighted by Gasteiger charge is 2.50. The van der Waals surface area contributed by atoms with Crippen LogP contribution in [0.2, 0.25) is 0 Å². The lowest BCUT2D eigenvalue weighted by atomic mass is 9.78. The number of rotatable bonds is 8. The van der Waals surface area contributed by atoms with Gasteiger partial charge in [0.1, 0.15) is 6.61 Å². The number of oxime groups is 1. The van der Waals surface area contributed by atoms with E-state index in [2.05, 4.69) is 5.16 Å². The molecule has 1 aliphatic heterocycles. The Labute approximate surface area is 180 Å². The van der Waals surface area contributed by atoms with Gasteiger partial charge in [0.2, 0.25) is 0 Å². The van der Waals surface area contributed by atoms with Crippen molar-refractivity contribution in [3.63, 3.8) is 0 Å². The van der Waals surface area contributed by atoms with Crippen molar-refractivity contribution in [1.82, 2.24) is 0 Å². The first-order valence-electron chi connectivity index (χ1n) is 10.0. The van der Waals surface area contributed by atoms with Gasteiger partial charge in [0, 0.05) is 40.0 Å². The number of carbonyl (C=O) groups excluding carboxylic acids is 4. The number of carbonyl (C=O) groups is 4. The standard InChI is InChI=1S/C21H29NO9/c1-10-7-16-17(8-11(10)2)22-31-19(16)21(30-15(6)26)20(29-14(5)25)18(28-13(4)24)9-27-12(3)23/h16,18-21H,7-9H2,1-6H3/t16-,18+,19-,20-,21+/m0/s1. The average molecular weight is 439 g/mol. The Bertz CT molecular complexity index is 801. The summed E-state index contributed by atoms with van der Waals surface area (Å²) in [6, 6.07) is 0. The monoisotopic (exact) mass is 439 g/mol. The molecule has 0 unspecified atom stereocenters. The SMILES string of the molecule is CC(=O)OC[C@@H](OC(C)=O)[C@H](OC(C)=O)[C@H](OC(C)=O)[C@H]1ON=C2CC(C)=C(C)C[C@@H]21. The second-order valence-electron chi connectivity index (χ2n) is 7.80. The van der Waals surface area contributed by atoms with Crippen LogP contribution in [0.15, 0.2) is 16.3 Å². The predicted molar refractivity (Wildman–Crippen MR) is 107 cm³/mol. The van der Waals surface area contributed by atoms with E-state index in [4.69, 9.17) is 23.8 Å². The first kappa shape index (κ1) is 24.4. The molecule has 31 heavy (non-hydrogen) atoms. The van der Waals surface area contributed by atoms with E-state index in [9.17, 15) is 19.2 Å². The molecule has 2 rings (SSSR count). The number of esters is 4. The van der Waals surface area contributed by atoms with Crippen molar-refractivity contribution in [3.05, 3.63) is 11.1 Å². The van der Waals surface area contributed by atoms with E-state index in [1.54, 1.807) is 0 Å². The first-order chi connectivity index (χ1) is 14.5. The molecule has 0 aromatic heterocycles. The van der Waals surface area contributed by atoms with Crippen molar-refractivity contribution in [2.24, 2.45) is 11.1 Å². The summed E-state index contributed by atoms with van der Waals surface area (Å²) >= 11 is 0. The summed E-state index contributed by atoms with van der Waals surface area (Å²) in [5.74, 6) is -2.86. The molecule has 0 amide bonds. The van der Waals surface area contributed by atoms with Crippen LogP contribution in [0.25, 0.3) is 0 Å². The number of hydrogen-bond donors (Lipinski definition) is 0. The lowest BCUT2D eigenvalue weighted by Crippen LogP contribution is -2.54. The van der Waals surface area contributed by atoms with Crippen LogP contribution in [-0.2, 0) is 43.0 Å². The van der Waals surface area contributed by atoms with Gasteiger partial charge in [-0.25, -0.2) is 0 Å². The number of fused-ring (bicyclic) bond motifs is 1. The Kier molecular flexibility index (Phi) is 8.18. The average Bonchev–Trinajstić information content (AvgIpc) is 3.03. The number of hydrogen-bond acceptors (Lipinski definition) is 10. The smallest absolute Gasteiger partial charge is 0.303 e. The summed E-state index contributed by atoms with van der Waals surface area (Å²) in [4.78, 5) is 52.5. The van der Waals surface area contributed by atoms with Gasteiger partial charge >= 0.3 is 23.9 Å². The normalized spacial score (nSPS) is 22.8. The molecular weight excluding hydrogens is 410 g/mol. The highest BCUT2D eigenvalue weighted by Crippen LogP contribution is 2.38. The van der Waals surface area contributed by atoms with Gasteiger partial charge in [0.15, 0.2) is 24.4 Å². The lowest BCUT2D eigenvalue weighted by Gasteiger charge is -2.36. The number of nitrogens with zero attached hydrogens (tertiary/aromatic N) is 1. The molecule has 10 nitrogen and oxygen atoms in total. The molecule has 10 heteroatoms. The maximum atomic E-state index is 11.9. The zero-order valence-electron chi connectivity index (χ0n) is 18.6. The molecular formula is C21H29NO9. The molecule has 0 N–H and O–H groups in total. The van der Waals surface area contributed by atoms with Crippen molar-refractivity contribution in [2.75, 3.05) is 6.61 Å². The van der Waals surface area contributed by atoms with Crippen LogP contribution >= 0.6 is 0 Å². The van der Waals surface area contributed by atoms with Gasteiger partial charge in [-0.2, -0.15) is 0 Å². The highest BCUT2D eigenvalue weighted by atomic mass is 16.7. The van der Waals surface area contributed by atoms with Crippen LogP contribution < -0.4 is 0 Å². The summed E-state index contributed by atoms with van der Waals surface area (Å²) in [6.45, 7) is 8.36. The fraction of sp³-hybridized carbons (Fsp3) is 0.667. The van der Waals surface area contributed by atoms with E-state index in [1.807, 2.05) is 13.8 Å². The summed E-state index contributed by atoms with van der Waals surface area (Å²) in [5.41, 5.74) is 3.16. The van der Waals surface area contributed by atoms with Crippen LogP contribution in [0, 0.1) is 5.92 Å². The van der Waals surface area contributed by atoms with Crippen molar-refractivity contribution < 1.29 is 43.0 Å². The van der Waals surface area contributed by atoms with Gasteiger partial charge in [-0.15, -0.1) is 0 Å². The third-order valence-corrected chi connectivity index (χ3v) is 5.20. The molecule has 0 aromatic carbocycles. The fourth-order valence-electron chi connectivity index (χ4n) is 3.74. The largest absolute Gasteiger partial charge is 0.462 e. The van der Waals surface area contributed by atoms with Crippen LogP contribution in [0.1, 0.15) is 54.4 Å². The molecule has 0 aromatic rings. The number of allylic oxidation sites excluding steroid dienone is 2. The summed E-state index contributed by atoms with van der Waals surface area (Å²) in [7, 11) is 0. The molecule has 0 saturated carbocycles. The van der Waals surface area contributed by atoms with Crippen molar-refractivity contribution in [1.29, 1.82) is 0 Å². The summed E-state index contributed by atoms with van der Waals surface area (Å²) in [6.07, 6.45) is -3.18. The first-order valence-corrected chi connectivity index (χ1v) is 10.0. The molecule has 1 aliphatic carbocycles. The molecule has 0 saturated heterocycles. The lowest BCUT2D eigenvalue weighted by molar-refractivity contribution is -0.202. The van der Waals surface area contributed by atoms with Crippen molar-refractivity contribution in [3.8, 4) is 0 Å². The molecule has 2 aliphatic rings. The Hall–Kier alpha value is -2.91. The van der Waals surface area contributed by atoms with E-state index >= 15 is 0 Å². The van der Waals surface area contributed by atoms with Gasteiger partial charge in [0.05, 0.1) is 5.71 Å². The van der Waals surface area contributed by atoms with Gasteiger partial charge in [-0.05, 0) is 20.3 Å². The maximum absolute atomic E-state index is 11.9. The van der Waals surface area contributed by atoms with Crippen LogP contribution in [-0.4, -0.2) is 60.6 Å².